The Bertz CT molecular complexity index is 401. The number of rotatable bonds is 5. The van der Waals surface area contributed by atoms with E-state index in [9.17, 15) is 0 Å². The van der Waals surface area contributed by atoms with Crippen LogP contribution in [0.3, 0.4) is 0 Å². The summed E-state index contributed by atoms with van der Waals surface area (Å²) in [5.74, 6) is 0.728. The normalized spacial score (nSPS) is 16.7. The van der Waals surface area contributed by atoms with E-state index < -0.39 is 0 Å². The Labute approximate surface area is 103 Å². The number of nitrogens with zero attached hydrogens (tertiary/aromatic N) is 1. The van der Waals surface area contributed by atoms with Gasteiger partial charge in [-0.05, 0) is 31.9 Å². The monoisotopic (exact) mass is 232 g/mol. The van der Waals surface area contributed by atoms with E-state index in [1.54, 1.807) is 13.3 Å². The van der Waals surface area contributed by atoms with E-state index in [1.807, 2.05) is 6.07 Å². The number of aromatic nitrogens is 1. The SMILES string of the molecule is CCNC(C1=CCCC1)c1cccnc1OC. The van der Waals surface area contributed by atoms with Crippen LogP contribution in [0.2, 0.25) is 0 Å². The molecule has 3 nitrogen and oxygen atoms in total. The van der Waals surface area contributed by atoms with Crippen molar-refractivity contribution in [3.63, 3.8) is 0 Å². The Kier molecular flexibility index (Phi) is 4.15. The van der Waals surface area contributed by atoms with Crippen molar-refractivity contribution in [1.82, 2.24) is 10.3 Å². The lowest BCUT2D eigenvalue weighted by molar-refractivity contribution is 0.386. The molecule has 1 unspecified atom stereocenters. The molecule has 1 aliphatic carbocycles. The van der Waals surface area contributed by atoms with Crippen molar-refractivity contribution in [1.29, 1.82) is 0 Å². The van der Waals surface area contributed by atoms with E-state index in [4.69, 9.17) is 4.74 Å². The highest BCUT2D eigenvalue weighted by atomic mass is 16.5. The van der Waals surface area contributed by atoms with E-state index in [2.05, 4.69) is 29.4 Å². The molecule has 0 bridgehead atoms. The van der Waals surface area contributed by atoms with Crippen molar-refractivity contribution in [3.05, 3.63) is 35.5 Å². The summed E-state index contributed by atoms with van der Waals surface area (Å²) in [5, 5.41) is 3.53. The molecule has 1 heterocycles. The maximum Gasteiger partial charge on any atom is 0.218 e. The van der Waals surface area contributed by atoms with Crippen molar-refractivity contribution >= 4 is 0 Å². The average Bonchev–Trinajstić information content (AvgIpc) is 2.89. The van der Waals surface area contributed by atoms with E-state index in [-0.39, 0.29) is 6.04 Å². The number of ether oxygens (including phenoxy) is 1. The van der Waals surface area contributed by atoms with Gasteiger partial charge in [0.05, 0.1) is 13.2 Å². The van der Waals surface area contributed by atoms with Crippen LogP contribution in [-0.2, 0) is 0 Å². The summed E-state index contributed by atoms with van der Waals surface area (Å²) in [5.41, 5.74) is 2.61. The highest BCUT2D eigenvalue weighted by molar-refractivity contribution is 5.36. The summed E-state index contributed by atoms with van der Waals surface area (Å²) in [6.45, 7) is 3.07. The molecule has 0 radical (unpaired) electrons. The smallest absolute Gasteiger partial charge is 0.218 e. The molecule has 0 aliphatic heterocycles. The molecule has 3 heteroatoms. The topological polar surface area (TPSA) is 34.2 Å². The van der Waals surface area contributed by atoms with Gasteiger partial charge in [0.1, 0.15) is 0 Å². The predicted molar refractivity (Wildman–Crippen MR) is 69.1 cm³/mol. The van der Waals surface area contributed by atoms with Gasteiger partial charge in [0.2, 0.25) is 5.88 Å². The first kappa shape index (κ1) is 12.1. The van der Waals surface area contributed by atoms with Crippen LogP contribution in [0.4, 0.5) is 0 Å². The minimum absolute atomic E-state index is 0.256. The molecule has 0 amide bonds. The molecule has 17 heavy (non-hydrogen) atoms. The summed E-state index contributed by atoms with van der Waals surface area (Å²) < 4.78 is 5.35. The minimum atomic E-state index is 0.256. The van der Waals surface area contributed by atoms with Gasteiger partial charge in [-0.25, -0.2) is 4.98 Å². The molecular weight excluding hydrogens is 212 g/mol. The molecular formula is C14H20N2O. The Morgan fingerprint density at radius 2 is 2.41 bits per heavy atom. The molecule has 1 aromatic heterocycles. The number of nitrogens with one attached hydrogen (secondary N) is 1. The molecule has 0 fully saturated rings. The highest BCUT2D eigenvalue weighted by Crippen LogP contribution is 2.33. The zero-order valence-electron chi connectivity index (χ0n) is 10.6. The van der Waals surface area contributed by atoms with Gasteiger partial charge in [0, 0.05) is 11.8 Å². The van der Waals surface area contributed by atoms with Gasteiger partial charge < -0.3 is 10.1 Å². The lowest BCUT2D eigenvalue weighted by atomic mass is 9.99. The standard InChI is InChI=1S/C14H20N2O/c1-3-15-13(11-7-4-5-8-11)12-9-6-10-16-14(12)17-2/h6-7,9-10,13,15H,3-5,8H2,1-2H3. The molecule has 0 spiro atoms. The third-order valence-corrected chi connectivity index (χ3v) is 3.16. The molecule has 2 rings (SSSR count). The summed E-state index contributed by atoms with van der Waals surface area (Å²) in [6, 6.07) is 4.32. The first-order chi connectivity index (χ1) is 8.36. The van der Waals surface area contributed by atoms with Crippen LogP contribution in [0, 0.1) is 0 Å². The third-order valence-electron chi connectivity index (χ3n) is 3.16. The molecule has 1 aromatic rings. The lowest BCUT2D eigenvalue weighted by Crippen LogP contribution is -2.23. The van der Waals surface area contributed by atoms with Gasteiger partial charge in [-0.15, -0.1) is 0 Å². The summed E-state index contributed by atoms with van der Waals surface area (Å²) >= 11 is 0. The van der Waals surface area contributed by atoms with Crippen LogP contribution < -0.4 is 10.1 Å². The van der Waals surface area contributed by atoms with E-state index in [0.29, 0.717) is 0 Å². The van der Waals surface area contributed by atoms with Crippen LogP contribution in [0.1, 0.15) is 37.8 Å². The fourth-order valence-corrected chi connectivity index (χ4v) is 2.40. The quantitative estimate of drug-likeness (QED) is 0.793. The molecule has 0 saturated heterocycles. The third kappa shape index (κ3) is 2.67. The van der Waals surface area contributed by atoms with Gasteiger partial charge in [-0.2, -0.15) is 0 Å². The van der Waals surface area contributed by atoms with Gasteiger partial charge in [-0.3, -0.25) is 0 Å². The second-order valence-electron chi connectivity index (χ2n) is 4.26. The molecule has 0 aromatic carbocycles. The number of likely N-dealkylation sites (N-methyl/N-ethyl adjacent to an activating group) is 1. The maximum absolute atomic E-state index is 5.35. The highest BCUT2D eigenvalue weighted by Gasteiger charge is 2.21. The second kappa shape index (κ2) is 5.82. The van der Waals surface area contributed by atoms with Crippen LogP contribution in [0.25, 0.3) is 0 Å². The Morgan fingerprint density at radius 3 is 3.06 bits per heavy atom. The number of methoxy groups -OCH3 is 1. The van der Waals surface area contributed by atoms with Gasteiger partial charge in [0.15, 0.2) is 0 Å². The predicted octanol–water partition coefficient (Wildman–Crippen LogP) is 2.85. The van der Waals surface area contributed by atoms with Crippen molar-refractivity contribution in [3.8, 4) is 5.88 Å². The van der Waals surface area contributed by atoms with Crippen molar-refractivity contribution in [2.75, 3.05) is 13.7 Å². The zero-order chi connectivity index (χ0) is 12.1. The summed E-state index contributed by atoms with van der Waals surface area (Å²) in [7, 11) is 1.68. The van der Waals surface area contributed by atoms with Gasteiger partial charge in [-0.1, -0.05) is 24.6 Å². The molecule has 1 atom stereocenters. The van der Waals surface area contributed by atoms with Gasteiger partial charge >= 0.3 is 0 Å². The number of pyridine rings is 1. The molecule has 1 N–H and O–H groups in total. The average molecular weight is 232 g/mol. The fraction of sp³-hybridized carbons (Fsp3) is 0.500. The van der Waals surface area contributed by atoms with E-state index in [0.717, 1.165) is 18.0 Å². The van der Waals surface area contributed by atoms with Crippen LogP contribution in [0.5, 0.6) is 5.88 Å². The lowest BCUT2D eigenvalue weighted by Gasteiger charge is -2.21. The summed E-state index contributed by atoms with van der Waals surface area (Å²) in [6.07, 6.45) is 7.75. The first-order valence-corrected chi connectivity index (χ1v) is 6.28. The Balaban J connectivity index is 2.31. The molecule has 0 saturated carbocycles. The maximum atomic E-state index is 5.35. The Hall–Kier alpha value is -1.35. The zero-order valence-corrected chi connectivity index (χ0v) is 10.6. The van der Waals surface area contributed by atoms with Crippen LogP contribution in [-0.4, -0.2) is 18.6 Å². The fourth-order valence-electron chi connectivity index (χ4n) is 2.40. The summed E-state index contributed by atoms with van der Waals surface area (Å²) in [4.78, 5) is 4.28. The van der Waals surface area contributed by atoms with Gasteiger partial charge in [0.25, 0.3) is 0 Å². The van der Waals surface area contributed by atoms with Crippen molar-refractivity contribution < 1.29 is 4.74 Å². The largest absolute Gasteiger partial charge is 0.481 e. The van der Waals surface area contributed by atoms with Crippen molar-refractivity contribution in [2.24, 2.45) is 0 Å². The number of hydrogen-bond acceptors (Lipinski definition) is 3. The Morgan fingerprint density at radius 1 is 1.53 bits per heavy atom. The van der Waals surface area contributed by atoms with E-state index >= 15 is 0 Å². The minimum Gasteiger partial charge on any atom is -0.481 e. The van der Waals surface area contributed by atoms with Crippen LogP contribution >= 0.6 is 0 Å². The van der Waals surface area contributed by atoms with Crippen molar-refractivity contribution in [2.45, 2.75) is 32.2 Å². The number of hydrogen-bond donors (Lipinski definition) is 1. The molecule has 92 valence electrons. The van der Waals surface area contributed by atoms with E-state index in [1.165, 1.54) is 24.8 Å². The molecule has 1 aliphatic rings. The van der Waals surface area contributed by atoms with Crippen LogP contribution in [0.15, 0.2) is 30.0 Å². The first-order valence-electron chi connectivity index (χ1n) is 6.28. The number of allylic oxidation sites excluding steroid dienone is 1. The second-order valence-corrected chi connectivity index (χ2v) is 4.26.